The van der Waals surface area contributed by atoms with Crippen molar-refractivity contribution in [2.45, 2.75) is 12.5 Å². The highest BCUT2D eigenvalue weighted by molar-refractivity contribution is 6.33. The highest BCUT2D eigenvalue weighted by Gasteiger charge is 2.22. The lowest BCUT2D eigenvalue weighted by Gasteiger charge is -2.14. The van der Waals surface area contributed by atoms with E-state index >= 15 is 0 Å². The van der Waals surface area contributed by atoms with Gasteiger partial charge in [-0.2, -0.15) is 0 Å². The Bertz CT molecular complexity index is 564. The number of rotatable bonds is 6. The fourth-order valence-corrected chi connectivity index (χ4v) is 1.61. The average Bonchev–Trinajstić information content (AvgIpc) is 2.39. The monoisotopic (exact) mass is 315 g/mol. The lowest BCUT2D eigenvalue weighted by molar-refractivity contribution is -0.140. The van der Waals surface area contributed by atoms with Gasteiger partial charge in [-0.1, -0.05) is 11.6 Å². The van der Waals surface area contributed by atoms with Gasteiger partial charge in [0.2, 0.25) is 5.91 Å². The molecule has 1 rings (SSSR count). The predicted molar refractivity (Wildman–Crippen MR) is 75.4 cm³/mol. The minimum absolute atomic E-state index is 0.233. The van der Waals surface area contributed by atoms with E-state index < -0.39 is 30.4 Å². The van der Waals surface area contributed by atoms with E-state index in [9.17, 15) is 14.4 Å². The second-order valence-electron chi connectivity index (χ2n) is 4.01. The van der Waals surface area contributed by atoms with Crippen LogP contribution in [0.3, 0.4) is 0 Å². The number of urea groups is 1. The van der Waals surface area contributed by atoms with E-state index in [0.717, 1.165) is 0 Å². The summed E-state index contributed by atoms with van der Waals surface area (Å²) >= 11 is 5.89. The second-order valence-corrected chi connectivity index (χ2v) is 4.41. The minimum atomic E-state index is -1.42. The number of nitrogens with two attached hydrogens (primary N) is 1. The smallest absolute Gasteiger partial charge is 0.326 e. The van der Waals surface area contributed by atoms with Crippen molar-refractivity contribution in [3.8, 4) is 5.75 Å². The third kappa shape index (κ3) is 5.19. The highest BCUT2D eigenvalue weighted by atomic mass is 35.5. The van der Waals surface area contributed by atoms with Crippen LogP contribution in [0.5, 0.6) is 5.75 Å². The van der Waals surface area contributed by atoms with Gasteiger partial charge >= 0.3 is 12.0 Å². The van der Waals surface area contributed by atoms with Crippen molar-refractivity contribution < 1.29 is 24.2 Å². The van der Waals surface area contributed by atoms with Gasteiger partial charge in [-0.15, -0.1) is 0 Å². The molecule has 21 heavy (non-hydrogen) atoms. The Hall–Kier alpha value is -2.48. The third-order valence-electron chi connectivity index (χ3n) is 2.43. The summed E-state index contributed by atoms with van der Waals surface area (Å²) in [5.41, 5.74) is 5.14. The van der Waals surface area contributed by atoms with Gasteiger partial charge in [0.1, 0.15) is 11.8 Å². The van der Waals surface area contributed by atoms with Gasteiger partial charge in [-0.05, 0) is 12.1 Å². The third-order valence-corrected chi connectivity index (χ3v) is 2.76. The van der Waals surface area contributed by atoms with E-state index in [1.54, 1.807) is 6.07 Å². The molecule has 0 saturated heterocycles. The molecule has 0 heterocycles. The molecule has 9 heteroatoms. The Morgan fingerprint density at radius 3 is 2.62 bits per heavy atom. The van der Waals surface area contributed by atoms with Crippen molar-refractivity contribution >= 4 is 35.2 Å². The maximum absolute atomic E-state index is 11.7. The number of nitrogens with one attached hydrogen (secondary N) is 2. The van der Waals surface area contributed by atoms with Gasteiger partial charge in [0.25, 0.3) is 0 Å². The van der Waals surface area contributed by atoms with E-state index in [-0.39, 0.29) is 10.7 Å². The van der Waals surface area contributed by atoms with E-state index in [0.29, 0.717) is 5.75 Å². The molecule has 0 aliphatic rings. The fourth-order valence-electron chi connectivity index (χ4n) is 1.45. The van der Waals surface area contributed by atoms with Crippen LogP contribution >= 0.6 is 11.6 Å². The molecule has 0 radical (unpaired) electrons. The number of halogens is 1. The minimum Gasteiger partial charge on any atom is -0.497 e. The molecule has 0 aromatic heterocycles. The number of carboxylic acid groups (broad SMARTS) is 1. The van der Waals surface area contributed by atoms with E-state index in [1.807, 2.05) is 0 Å². The fraction of sp³-hybridized carbons (Fsp3) is 0.250. The summed E-state index contributed by atoms with van der Waals surface area (Å²) in [7, 11) is 1.44. The number of carbonyl (C=O) groups excluding carboxylic acids is 2. The molecule has 0 saturated carbocycles. The van der Waals surface area contributed by atoms with Crippen molar-refractivity contribution in [3.05, 3.63) is 23.2 Å². The van der Waals surface area contributed by atoms with Gasteiger partial charge in [-0.3, -0.25) is 4.79 Å². The van der Waals surface area contributed by atoms with Crippen molar-refractivity contribution in [1.29, 1.82) is 0 Å². The van der Waals surface area contributed by atoms with Crippen LogP contribution in [0.15, 0.2) is 18.2 Å². The first-order valence-electron chi connectivity index (χ1n) is 5.75. The molecule has 0 aliphatic heterocycles. The Morgan fingerprint density at radius 1 is 1.43 bits per heavy atom. The Labute approximate surface area is 125 Å². The van der Waals surface area contributed by atoms with Gasteiger partial charge in [0.15, 0.2) is 0 Å². The molecule has 1 unspecified atom stereocenters. The van der Waals surface area contributed by atoms with E-state index in [1.165, 1.54) is 19.2 Å². The second kappa shape index (κ2) is 7.34. The number of aliphatic carboxylic acids is 1. The van der Waals surface area contributed by atoms with Crippen molar-refractivity contribution in [2.24, 2.45) is 5.73 Å². The number of amides is 3. The summed E-state index contributed by atoms with van der Waals surface area (Å²) in [5.74, 6) is -1.76. The molecule has 5 N–H and O–H groups in total. The molecular weight excluding hydrogens is 302 g/mol. The molecule has 0 spiro atoms. The van der Waals surface area contributed by atoms with Crippen molar-refractivity contribution in [2.75, 3.05) is 12.4 Å². The molecule has 0 bridgehead atoms. The predicted octanol–water partition coefficient (Wildman–Crippen LogP) is 0.799. The molecule has 1 atom stereocenters. The van der Waals surface area contributed by atoms with Crippen LogP contribution in [0, 0.1) is 0 Å². The lowest BCUT2D eigenvalue weighted by Crippen LogP contribution is -2.45. The number of carboxylic acids is 1. The molecular formula is C12H14ClN3O5. The first-order valence-corrected chi connectivity index (χ1v) is 6.13. The quantitative estimate of drug-likeness (QED) is 0.616. The highest BCUT2D eigenvalue weighted by Crippen LogP contribution is 2.26. The summed E-state index contributed by atoms with van der Waals surface area (Å²) < 4.78 is 4.98. The van der Waals surface area contributed by atoms with Crippen LogP contribution in [-0.2, 0) is 9.59 Å². The molecule has 3 amide bonds. The van der Waals surface area contributed by atoms with Gasteiger partial charge in [0, 0.05) is 6.07 Å². The van der Waals surface area contributed by atoms with Crippen LogP contribution in [0.2, 0.25) is 5.02 Å². The van der Waals surface area contributed by atoms with Gasteiger partial charge in [0.05, 0.1) is 24.2 Å². The van der Waals surface area contributed by atoms with Crippen LogP contribution in [0.25, 0.3) is 0 Å². The Balaban J connectivity index is 2.76. The lowest BCUT2D eigenvalue weighted by atomic mass is 10.2. The SMILES string of the molecule is COc1ccc(Cl)c(NC(=O)NC(CC(N)=O)C(=O)O)c1. The summed E-state index contributed by atoms with van der Waals surface area (Å²) in [5, 5.41) is 13.6. The zero-order valence-corrected chi connectivity index (χ0v) is 11.8. The molecule has 114 valence electrons. The average molecular weight is 316 g/mol. The Kier molecular flexibility index (Phi) is 5.79. The van der Waals surface area contributed by atoms with Crippen LogP contribution in [-0.4, -0.2) is 36.2 Å². The van der Waals surface area contributed by atoms with Crippen LogP contribution in [0.4, 0.5) is 10.5 Å². The zero-order valence-electron chi connectivity index (χ0n) is 11.1. The molecule has 1 aromatic carbocycles. The number of primary amides is 1. The summed E-state index contributed by atoms with van der Waals surface area (Å²) in [6.07, 6.45) is -0.519. The van der Waals surface area contributed by atoms with Gasteiger partial charge < -0.3 is 26.2 Å². The van der Waals surface area contributed by atoms with Crippen molar-refractivity contribution in [1.82, 2.24) is 5.32 Å². The van der Waals surface area contributed by atoms with E-state index in [2.05, 4.69) is 10.6 Å². The standard InChI is InChI=1S/C12H14ClN3O5/c1-21-6-2-3-7(13)8(4-6)15-12(20)16-9(11(18)19)5-10(14)17/h2-4,9H,5H2,1H3,(H2,14,17)(H,18,19)(H2,15,16,20). The molecule has 0 aliphatic carbocycles. The summed E-state index contributed by atoms with van der Waals surface area (Å²) in [6, 6.07) is 2.31. The topological polar surface area (TPSA) is 131 Å². The zero-order chi connectivity index (χ0) is 16.0. The van der Waals surface area contributed by atoms with Crippen LogP contribution in [0.1, 0.15) is 6.42 Å². The molecule has 1 aromatic rings. The molecule has 8 nitrogen and oxygen atoms in total. The van der Waals surface area contributed by atoms with Gasteiger partial charge in [-0.25, -0.2) is 9.59 Å². The first-order chi connectivity index (χ1) is 9.83. The number of hydrogen-bond donors (Lipinski definition) is 4. The summed E-state index contributed by atoms with van der Waals surface area (Å²) in [6.45, 7) is 0. The Morgan fingerprint density at radius 2 is 2.10 bits per heavy atom. The summed E-state index contributed by atoms with van der Waals surface area (Å²) in [4.78, 5) is 33.4. The maximum Gasteiger partial charge on any atom is 0.326 e. The first kappa shape index (κ1) is 16.6. The van der Waals surface area contributed by atoms with E-state index in [4.69, 9.17) is 27.2 Å². The van der Waals surface area contributed by atoms with Crippen LogP contribution < -0.4 is 21.1 Å². The number of ether oxygens (including phenoxy) is 1. The number of anilines is 1. The number of methoxy groups -OCH3 is 1. The normalized spacial score (nSPS) is 11.3. The number of hydrogen-bond acceptors (Lipinski definition) is 4. The number of benzene rings is 1. The van der Waals surface area contributed by atoms with Crippen molar-refractivity contribution in [3.63, 3.8) is 0 Å². The largest absolute Gasteiger partial charge is 0.497 e. The molecule has 0 fully saturated rings. The maximum atomic E-state index is 11.7. The number of carbonyl (C=O) groups is 3.